The second-order valence-corrected chi connectivity index (χ2v) is 7.95. The maximum Gasteiger partial charge on any atom is 0.225 e. The Morgan fingerprint density at radius 3 is 2.56 bits per heavy atom. The van der Waals surface area contributed by atoms with Crippen LogP contribution in [0.2, 0.25) is 0 Å². The van der Waals surface area contributed by atoms with Gasteiger partial charge in [-0.2, -0.15) is 0 Å². The van der Waals surface area contributed by atoms with Crippen molar-refractivity contribution in [1.82, 2.24) is 15.5 Å². The van der Waals surface area contributed by atoms with Crippen molar-refractivity contribution in [2.24, 2.45) is 16.8 Å². The molecule has 0 aromatic heterocycles. The molecule has 5 nitrogen and oxygen atoms in total. The van der Waals surface area contributed by atoms with Crippen LogP contribution in [-0.4, -0.2) is 50.0 Å². The molecule has 4 unspecified atom stereocenters. The topological polar surface area (TPSA) is 56.7 Å². The number of halogens is 1. The standard InChI is InChI=1S/C21H32N4O.HI/c1-22-21(23-18-11-7-10-16(13-18)20(26)25(2)3)24-19-14-17(19)12-15-8-5-4-6-9-15;/h4-6,8-9,16-19H,7,10-14H2,1-3H3,(H2,22,23,24);1H. The van der Waals surface area contributed by atoms with Gasteiger partial charge in [-0.1, -0.05) is 36.8 Å². The summed E-state index contributed by atoms with van der Waals surface area (Å²) in [5.41, 5.74) is 1.40. The summed E-state index contributed by atoms with van der Waals surface area (Å²) in [7, 11) is 5.52. The number of carbonyl (C=O) groups excluding carboxylic acids is 1. The molecule has 2 aliphatic carbocycles. The zero-order valence-corrected chi connectivity index (χ0v) is 19.0. The van der Waals surface area contributed by atoms with E-state index in [9.17, 15) is 4.79 Å². The molecule has 27 heavy (non-hydrogen) atoms. The number of nitrogens with one attached hydrogen (secondary N) is 2. The molecule has 0 spiro atoms. The third-order valence-corrected chi connectivity index (χ3v) is 5.61. The minimum Gasteiger partial charge on any atom is -0.354 e. The van der Waals surface area contributed by atoms with Gasteiger partial charge in [0.2, 0.25) is 5.91 Å². The van der Waals surface area contributed by atoms with Gasteiger partial charge in [-0.05, 0) is 43.6 Å². The van der Waals surface area contributed by atoms with Crippen molar-refractivity contribution in [1.29, 1.82) is 0 Å². The quantitative estimate of drug-likeness (QED) is 0.384. The van der Waals surface area contributed by atoms with Crippen molar-refractivity contribution < 1.29 is 4.79 Å². The Bertz CT molecular complexity index is 634. The average Bonchev–Trinajstić information content (AvgIpc) is 3.38. The fraction of sp³-hybridized carbons (Fsp3) is 0.619. The largest absolute Gasteiger partial charge is 0.354 e. The Balaban J connectivity index is 0.00000261. The van der Waals surface area contributed by atoms with Crippen molar-refractivity contribution in [3.8, 4) is 0 Å². The van der Waals surface area contributed by atoms with E-state index >= 15 is 0 Å². The molecular weight excluding hydrogens is 451 g/mol. The second-order valence-electron chi connectivity index (χ2n) is 7.95. The van der Waals surface area contributed by atoms with Crippen LogP contribution in [0.15, 0.2) is 35.3 Å². The summed E-state index contributed by atoms with van der Waals surface area (Å²) in [6.07, 6.45) is 6.42. The first-order valence-electron chi connectivity index (χ1n) is 9.81. The molecule has 2 N–H and O–H groups in total. The van der Waals surface area contributed by atoms with E-state index < -0.39 is 0 Å². The maximum atomic E-state index is 12.3. The van der Waals surface area contributed by atoms with Crippen molar-refractivity contribution in [2.75, 3.05) is 21.1 Å². The number of benzene rings is 1. The van der Waals surface area contributed by atoms with Crippen LogP contribution >= 0.6 is 24.0 Å². The predicted molar refractivity (Wildman–Crippen MR) is 122 cm³/mol. The summed E-state index contributed by atoms with van der Waals surface area (Å²) in [6, 6.07) is 11.5. The lowest BCUT2D eigenvalue weighted by Crippen LogP contribution is -2.47. The minimum absolute atomic E-state index is 0. The first-order chi connectivity index (χ1) is 12.6. The number of carbonyl (C=O) groups is 1. The number of nitrogens with zero attached hydrogens (tertiary/aromatic N) is 2. The van der Waals surface area contributed by atoms with E-state index in [0.29, 0.717) is 18.0 Å². The zero-order chi connectivity index (χ0) is 18.5. The Morgan fingerprint density at radius 2 is 1.89 bits per heavy atom. The van der Waals surface area contributed by atoms with E-state index in [1.165, 1.54) is 12.0 Å². The fourth-order valence-electron chi connectivity index (χ4n) is 4.02. The highest BCUT2D eigenvalue weighted by molar-refractivity contribution is 14.0. The molecule has 2 saturated carbocycles. The van der Waals surface area contributed by atoms with Gasteiger partial charge in [-0.3, -0.25) is 9.79 Å². The van der Waals surface area contributed by atoms with Crippen molar-refractivity contribution in [3.05, 3.63) is 35.9 Å². The first-order valence-corrected chi connectivity index (χ1v) is 9.81. The van der Waals surface area contributed by atoms with Gasteiger partial charge in [0, 0.05) is 39.1 Å². The average molecular weight is 484 g/mol. The normalized spacial score (nSPS) is 27.3. The highest BCUT2D eigenvalue weighted by Crippen LogP contribution is 2.33. The smallest absolute Gasteiger partial charge is 0.225 e. The zero-order valence-electron chi connectivity index (χ0n) is 16.6. The van der Waals surface area contributed by atoms with Gasteiger partial charge in [0.25, 0.3) is 0 Å². The van der Waals surface area contributed by atoms with Crippen LogP contribution in [0.5, 0.6) is 0 Å². The molecule has 0 heterocycles. The highest BCUT2D eigenvalue weighted by Gasteiger charge is 2.38. The molecule has 2 fully saturated rings. The summed E-state index contributed by atoms with van der Waals surface area (Å²) in [5.74, 6) is 1.96. The van der Waals surface area contributed by atoms with E-state index in [0.717, 1.165) is 38.1 Å². The van der Waals surface area contributed by atoms with Gasteiger partial charge in [0.1, 0.15) is 0 Å². The Hall–Kier alpha value is -1.31. The van der Waals surface area contributed by atoms with Crippen LogP contribution < -0.4 is 10.6 Å². The predicted octanol–water partition coefficient (Wildman–Crippen LogP) is 3.05. The molecular formula is C21H33IN4O. The van der Waals surface area contributed by atoms with Crippen molar-refractivity contribution >= 4 is 35.8 Å². The summed E-state index contributed by atoms with van der Waals surface area (Å²) < 4.78 is 0. The number of guanidine groups is 1. The number of rotatable bonds is 5. The highest BCUT2D eigenvalue weighted by atomic mass is 127. The van der Waals surface area contributed by atoms with Gasteiger partial charge in [-0.25, -0.2) is 0 Å². The van der Waals surface area contributed by atoms with Gasteiger partial charge >= 0.3 is 0 Å². The summed E-state index contributed by atoms with van der Waals surface area (Å²) >= 11 is 0. The Morgan fingerprint density at radius 1 is 1.15 bits per heavy atom. The van der Waals surface area contributed by atoms with E-state index in [-0.39, 0.29) is 35.8 Å². The summed E-state index contributed by atoms with van der Waals surface area (Å²) in [4.78, 5) is 18.4. The third-order valence-electron chi connectivity index (χ3n) is 5.61. The fourth-order valence-corrected chi connectivity index (χ4v) is 4.02. The lowest BCUT2D eigenvalue weighted by molar-refractivity contribution is -0.134. The van der Waals surface area contributed by atoms with Gasteiger partial charge in [0.15, 0.2) is 5.96 Å². The van der Waals surface area contributed by atoms with Crippen molar-refractivity contribution in [2.45, 2.75) is 50.6 Å². The molecule has 0 radical (unpaired) electrons. The summed E-state index contributed by atoms with van der Waals surface area (Å²) in [6.45, 7) is 0. The second kappa shape index (κ2) is 10.3. The van der Waals surface area contributed by atoms with E-state index in [1.807, 2.05) is 21.1 Å². The maximum absolute atomic E-state index is 12.3. The molecule has 1 aromatic carbocycles. The summed E-state index contributed by atoms with van der Waals surface area (Å²) in [5, 5.41) is 7.12. The monoisotopic (exact) mass is 484 g/mol. The molecule has 150 valence electrons. The third kappa shape index (κ3) is 6.36. The number of hydrogen-bond donors (Lipinski definition) is 2. The van der Waals surface area contributed by atoms with Crippen LogP contribution in [0.4, 0.5) is 0 Å². The molecule has 2 aliphatic rings. The van der Waals surface area contributed by atoms with Crippen LogP contribution in [0, 0.1) is 11.8 Å². The SMILES string of the molecule is CN=C(NC1CCCC(C(=O)N(C)C)C1)NC1CC1Cc1ccccc1.I. The minimum atomic E-state index is 0. The van der Waals surface area contributed by atoms with Crippen LogP contribution in [-0.2, 0) is 11.2 Å². The first kappa shape index (κ1) is 22.0. The Labute approximate surface area is 180 Å². The van der Waals surface area contributed by atoms with E-state index in [2.05, 4.69) is 46.0 Å². The van der Waals surface area contributed by atoms with Crippen LogP contribution in [0.1, 0.15) is 37.7 Å². The molecule has 0 aliphatic heterocycles. The molecule has 3 rings (SSSR count). The molecule has 4 atom stereocenters. The lowest BCUT2D eigenvalue weighted by atomic mass is 9.85. The number of amides is 1. The van der Waals surface area contributed by atoms with Crippen LogP contribution in [0.3, 0.4) is 0 Å². The lowest BCUT2D eigenvalue weighted by Gasteiger charge is -2.31. The van der Waals surface area contributed by atoms with E-state index in [1.54, 1.807) is 4.90 Å². The van der Waals surface area contributed by atoms with Gasteiger partial charge < -0.3 is 15.5 Å². The molecule has 1 aromatic rings. The molecule has 0 bridgehead atoms. The van der Waals surface area contributed by atoms with Gasteiger partial charge in [0.05, 0.1) is 0 Å². The van der Waals surface area contributed by atoms with Crippen LogP contribution in [0.25, 0.3) is 0 Å². The Kier molecular flexibility index (Phi) is 8.38. The van der Waals surface area contributed by atoms with E-state index in [4.69, 9.17) is 0 Å². The number of aliphatic imine (C=N–C) groups is 1. The van der Waals surface area contributed by atoms with Gasteiger partial charge in [-0.15, -0.1) is 24.0 Å². The van der Waals surface area contributed by atoms with Crippen molar-refractivity contribution in [3.63, 3.8) is 0 Å². The molecule has 0 saturated heterocycles. The number of hydrogen-bond acceptors (Lipinski definition) is 2. The molecule has 6 heteroatoms. The molecule has 1 amide bonds.